The van der Waals surface area contributed by atoms with Crippen LogP contribution < -0.4 is 10.9 Å². The summed E-state index contributed by atoms with van der Waals surface area (Å²) in [7, 11) is 0. The van der Waals surface area contributed by atoms with Crippen molar-refractivity contribution in [2.24, 2.45) is 0 Å². The van der Waals surface area contributed by atoms with Gasteiger partial charge in [0.1, 0.15) is 10.7 Å². The van der Waals surface area contributed by atoms with E-state index in [9.17, 15) is 4.79 Å². The summed E-state index contributed by atoms with van der Waals surface area (Å²) in [5.41, 5.74) is 1.06. The fourth-order valence-corrected chi connectivity index (χ4v) is 3.39. The lowest BCUT2D eigenvalue weighted by atomic mass is 10.2. The third-order valence-electron chi connectivity index (χ3n) is 3.45. The molecule has 0 bridgehead atoms. The van der Waals surface area contributed by atoms with Crippen molar-refractivity contribution in [3.8, 4) is 0 Å². The van der Waals surface area contributed by atoms with Crippen molar-refractivity contribution in [2.45, 2.75) is 32.7 Å². The van der Waals surface area contributed by atoms with Crippen molar-refractivity contribution in [3.63, 3.8) is 0 Å². The van der Waals surface area contributed by atoms with E-state index in [-0.39, 0.29) is 11.6 Å². The smallest absolute Gasteiger partial charge is 0.259 e. The van der Waals surface area contributed by atoms with E-state index < -0.39 is 0 Å². The van der Waals surface area contributed by atoms with Crippen LogP contribution >= 0.6 is 11.3 Å². The van der Waals surface area contributed by atoms with Gasteiger partial charge in [0.05, 0.1) is 11.4 Å². The van der Waals surface area contributed by atoms with Crippen LogP contribution in [0.1, 0.15) is 35.1 Å². The first-order chi connectivity index (χ1) is 8.16. The standard InChI is InChI=1S/C12H15N3OS/c1-6-7(2)17-12-9(6)11(16)14-10(15-12)8-4-3-5-13-8/h8,13H,3-5H2,1-2H3,(H,14,15,16). The van der Waals surface area contributed by atoms with E-state index in [1.165, 1.54) is 4.88 Å². The third-order valence-corrected chi connectivity index (χ3v) is 4.55. The maximum absolute atomic E-state index is 12.1. The van der Waals surface area contributed by atoms with Crippen LogP contribution in [0.3, 0.4) is 0 Å². The van der Waals surface area contributed by atoms with Gasteiger partial charge in [-0.15, -0.1) is 11.3 Å². The minimum absolute atomic E-state index is 0.000509. The summed E-state index contributed by atoms with van der Waals surface area (Å²) in [4.78, 5) is 21.6. The lowest BCUT2D eigenvalue weighted by Gasteiger charge is -2.08. The van der Waals surface area contributed by atoms with Gasteiger partial charge in [-0.2, -0.15) is 0 Å². The monoisotopic (exact) mass is 249 g/mol. The second-order valence-electron chi connectivity index (χ2n) is 4.56. The fourth-order valence-electron chi connectivity index (χ4n) is 2.35. The van der Waals surface area contributed by atoms with Crippen LogP contribution in [0.15, 0.2) is 4.79 Å². The number of aromatic nitrogens is 2. The van der Waals surface area contributed by atoms with Gasteiger partial charge >= 0.3 is 0 Å². The van der Waals surface area contributed by atoms with Crippen LogP contribution in [0.5, 0.6) is 0 Å². The minimum atomic E-state index is 0.000509. The summed E-state index contributed by atoms with van der Waals surface area (Å²) in [5, 5.41) is 4.12. The molecular formula is C12H15N3OS. The first-order valence-corrected chi connectivity index (χ1v) is 6.72. The number of thiophene rings is 1. The number of nitrogens with zero attached hydrogens (tertiary/aromatic N) is 1. The van der Waals surface area contributed by atoms with Crippen molar-refractivity contribution in [1.29, 1.82) is 0 Å². The fraction of sp³-hybridized carbons (Fsp3) is 0.500. The number of aromatic amines is 1. The Bertz CT molecular complexity index is 622. The summed E-state index contributed by atoms with van der Waals surface area (Å²) in [5.74, 6) is 0.793. The van der Waals surface area contributed by atoms with Crippen LogP contribution in [-0.2, 0) is 0 Å². The Morgan fingerprint density at radius 1 is 1.41 bits per heavy atom. The predicted molar refractivity (Wildman–Crippen MR) is 69.7 cm³/mol. The average Bonchev–Trinajstić information content (AvgIpc) is 2.88. The summed E-state index contributed by atoms with van der Waals surface area (Å²) in [6.45, 7) is 5.03. The molecule has 3 rings (SSSR count). The molecule has 1 aliphatic heterocycles. The highest BCUT2D eigenvalue weighted by atomic mass is 32.1. The molecule has 0 amide bonds. The number of H-pyrrole nitrogens is 1. The van der Waals surface area contributed by atoms with Crippen LogP contribution in [0.25, 0.3) is 10.2 Å². The van der Waals surface area contributed by atoms with Crippen LogP contribution in [0.4, 0.5) is 0 Å². The number of hydrogen-bond donors (Lipinski definition) is 2. The van der Waals surface area contributed by atoms with Crippen LogP contribution in [-0.4, -0.2) is 16.5 Å². The quantitative estimate of drug-likeness (QED) is 0.813. The van der Waals surface area contributed by atoms with Crippen molar-refractivity contribution >= 4 is 21.6 Å². The lowest BCUT2D eigenvalue weighted by molar-refractivity contribution is 0.606. The molecular weight excluding hydrogens is 234 g/mol. The zero-order valence-electron chi connectivity index (χ0n) is 9.96. The minimum Gasteiger partial charge on any atom is -0.309 e. The maximum Gasteiger partial charge on any atom is 0.259 e. The van der Waals surface area contributed by atoms with Crippen LogP contribution in [0, 0.1) is 13.8 Å². The van der Waals surface area contributed by atoms with Gasteiger partial charge in [-0.3, -0.25) is 4.79 Å². The maximum atomic E-state index is 12.1. The molecule has 2 aromatic rings. The van der Waals surface area contributed by atoms with Crippen molar-refractivity contribution < 1.29 is 0 Å². The topological polar surface area (TPSA) is 57.8 Å². The van der Waals surface area contributed by atoms with Gasteiger partial charge in [0, 0.05) is 4.88 Å². The molecule has 1 saturated heterocycles. The highest BCUT2D eigenvalue weighted by Gasteiger charge is 2.20. The Morgan fingerprint density at radius 3 is 2.94 bits per heavy atom. The zero-order chi connectivity index (χ0) is 12.0. The Kier molecular flexibility index (Phi) is 2.52. The van der Waals surface area contributed by atoms with E-state index in [4.69, 9.17) is 0 Å². The molecule has 17 heavy (non-hydrogen) atoms. The first-order valence-electron chi connectivity index (χ1n) is 5.90. The van der Waals surface area contributed by atoms with E-state index in [1.54, 1.807) is 11.3 Å². The zero-order valence-corrected chi connectivity index (χ0v) is 10.8. The van der Waals surface area contributed by atoms with E-state index in [1.807, 2.05) is 13.8 Å². The molecule has 1 atom stereocenters. The van der Waals surface area contributed by atoms with E-state index in [2.05, 4.69) is 15.3 Å². The first kappa shape index (κ1) is 10.9. The molecule has 0 saturated carbocycles. The van der Waals surface area contributed by atoms with Gasteiger partial charge in [0.15, 0.2) is 0 Å². The highest BCUT2D eigenvalue weighted by Crippen LogP contribution is 2.27. The Hall–Kier alpha value is -1.20. The van der Waals surface area contributed by atoms with Gasteiger partial charge in [0.25, 0.3) is 5.56 Å². The van der Waals surface area contributed by atoms with Gasteiger partial charge in [-0.25, -0.2) is 4.98 Å². The Balaban J connectivity index is 2.20. The third kappa shape index (κ3) is 1.70. The lowest BCUT2D eigenvalue weighted by Crippen LogP contribution is -2.20. The molecule has 4 nitrogen and oxygen atoms in total. The summed E-state index contributed by atoms with van der Waals surface area (Å²) in [6.07, 6.45) is 2.20. The van der Waals surface area contributed by atoms with Gasteiger partial charge in [0.2, 0.25) is 0 Å². The Labute approximate surface area is 103 Å². The largest absolute Gasteiger partial charge is 0.309 e. The highest BCUT2D eigenvalue weighted by molar-refractivity contribution is 7.18. The molecule has 90 valence electrons. The SMILES string of the molecule is Cc1sc2nc(C3CCCN3)[nH]c(=O)c2c1C. The molecule has 1 fully saturated rings. The molecule has 0 aromatic carbocycles. The molecule has 2 aromatic heterocycles. The summed E-state index contributed by atoms with van der Waals surface area (Å²) >= 11 is 1.61. The molecule has 0 spiro atoms. The number of rotatable bonds is 1. The summed E-state index contributed by atoms with van der Waals surface area (Å²) in [6, 6.07) is 0.217. The summed E-state index contributed by atoms with van der Waals surface area (Å²) < 4.78 is 0. The number of nitrogens with one attached hydrogen (secondary N) is 2. The molecule has 5 heteroatoms. The number of aryl methyl sites for hydroxylation is 2. The number of hydrogen-bond acceptors (Lipinski definition) is 4. The van der Waals surface area contributed by atoms with E-state index >= 15 is 0 Å². The molecule has 3 heterocycles. The van der Waals surface area contributed by atoms with Crippen molar-refractivity contribution in [2.75, 3.05) is 6.54 Å². The molecule has 1 aliphatic rings. The molecule has 0 aliphatic carbocycles. The second-order valence-corrected chi connectivity index (χ2v) is 5.77. The van der Waals surface area contributed by atoms with Crippen molar-refractivity contribution in [1.82, 2.24) is 15.3 Å². The number of fused-ring (bicyclic) bond motifs is 1. The average molecular weight is 249 g/mol. The second kappa shape index (κ2) is 3.92. The molecule has 0 radical (unpaired) electrons. The Morgan fingerprint density at radius 2 is 2.24 bits per heavy atom. The molecule has 1 unspecified atom stereocenters. The van der Waals surface area contributed by atoms with E-state index in [0.29, 0.717) is 0 Å². The van der Waals surface area contributed by atoms with Crippen molar-refractivity contribution in [3.05, 3.63) is 26.6 Å². The van der Waals surface area contributed by atoms with Gasteiger partial charge < -0.3 is 10.3 Å². The van der Waals surface area contributed by atoms with Crippen LogP contribution in [0.2, 0.25) is 0 Å². The molecule has 2 N–H and O–H groups in total. The van der Waals surface area contributed by atoms with E-state index in [0.717, 1.165) is 41.0 Å². The normalized spacial score (nSPS) is 20.2. The predicted octanol–water partition coefficient (Wildman–Crippen LogP) is 2.03. The van der Waals surface area contributed by atoms with Gasteiger partial charge in [-0.1, -0.05) is 0 Å². The van der Waals surface area contributed by atoms with Gasteiger partial charge in [-0.05, 0) is 38.8 Å².